The number of hydrogen-bond acceptors (Lipinski definition) is 6. The zero-order chi connectivity index (χ0) is 23.8. The SMILES string of the molecule is C=CC(=O)OCCCCCCCCCCCC.CCC[Si](OCC)(OCC)OC(C)N. The zero-order valence-corrected chi connectivity index (χ0v) is 22.1. The van der Waals surface area contributed by atoms with E-state index in [2.05, 4.69) is 20.4 Å². The molecule has 2 N–H and O–H groups in total. The van der Waals surface area contributed by atoms with Crippen LogP contribution in [0.2, 0.25) is 6.04 Å². The maximum Gasteiger partial charge on any atom is 0.502 e. The fourth-order valence-corrected chi connectivity index (χ4v) is 5.85. The standard InChI is InChI=1S/C15H28O2.C9H23NO3Si/c1-3-5-6-7-8-9-10-11-12-13-14-17-15(16)4-2;1-5-8-14(11-6-2,12-7-3)13-9(4)10/h4H,2-3,5-14H2,1H3;9H,5-8,10H2,1-4H3. The first-order valence-electron chi connectivity index (χ1n) is 12.4. The monoisotopic (exact) mass is 461 g/mol. The van der Waals surface area contributed by atoms with Crippen LogP contribution in [0.25, 0.3) is 0 Å². The number of esters is 1. The van der Waals surface area contributed by atoms with Gasteiger partial charge in [0, 0.05) is 25.3 Å². The lowest BCUT2D eigenvalue weighted by Crippen LogP contribution is -2.49. The van der Waals surface area contributed by atoms with Gasteiger partial charge in [-0.05, 0) is 27.2 Å². The molecule has 0 aromatic heterocycles. The van der Waals surface area contributed by atoms with Crippen molar-refractivity contribution in [2.24, 2.45) is 5.73 Å². The molecule has 0 bridgehead atoms. The summed E-state index contributed by atoms with van der Waals surface area (Å²) < 4.78 is 21.8. The van der Waals surface area contributed by atoms with Gasteiger partial charge >= 0.3 is 14.8 Å². The molecule has 6 nitrogen and oxygen atoms in total. The van der Waals surface area contributed by atoms with Gasteiger partial charge in [0.05, 0.1) is 12.8 Å². The maximum absolute atomic E-state index is 10.7. The number of rotatable bonds is 20. The Morgan fingerprint density at radius 1 is 0.871 bits per heavy atom. The van der Waals surface area contributed by atoms with Crippen molar-refractivity contribution >= 4 is 14.8 Å². The topological polar surface area (TPSA) is 80.0 Å². The Bertz CT molecular complexity index is 390. The molecule has 0 saturated heterocycles. The number of hydrogen-bond donors (Lipinski definition) is 1. The van der Waals surface area contributed by atoms with E-state index in [1.165, 1.54) is 63.9 Å². The van der Waals surface area contributed by atoms with E-state index >= 15 is 0 Å². The van der Waals surface area contributed by atoms with Crippen molar-refractivity contribution < 1.29 is 22.8 Å². The molecule has 1 unspecified atom stereocenters. The van der Waals surface area contributed by atoms with Crippen LogP contribution in [0.1, 0.15) is 105 Å². The maximum atomic E-state index is 10.7. The van der Waals surface area contributed by atoms with Gasteiger partial charge < -0.3 is 23.7 Å². The molecule has 1 atom stereocenters. The molecule has 0 spiro atoms. The predicted molar refractivity (Wildman–Crippen MR) is 132 cm³/mol. The van der Waals surface area contributed by atoms with Crippen LogP contribution in [0, 0.1) is 0 Å². The number of nitrogens with two attached hydrogens (primary N) is 1. The largest absolute Gasteiger partial charge is 0.502 e. The van der Waals surface area contributed by atoms with Crippen molar-refractivity contribution in [3.63, 3.8) is 0 Å². The molecule has 0 aromatic rings. The summed E-state index contributed by atoms with van der Waals surface area (Å²) in [7, 11) is -2.48. The molecule has 0 amide bonds. The van der Waals surface area contributed by atoms with E-state index in [4.69, 9.17) is 23.7 Å². The summed E-state index contributed by atoms with van der Waals surface area (Å²) in [4.78, 5) is 10.7. The highest BCUT2D eigenvalue weighted by molar-refractivity contribution is 6.60. The third kappa shape index (κ3) is 22.3. The van der Waals surface area contributed by atoms with Crippen LogP contribution in [0.3, 0.4) is 0 Å². The van der Waals surface area contributed by atoms with Gasteiger partial charge in [-0.15, -0.1) is 0 Å². The Morgan fingerprint density at radius 3 is 1.74 bits per heavy atom. The van der Waals surface area contributed by atoms with E-state index in [0.29, 0.717) is 19.8 Å². The second-order valence-electron chi connectivity index (χ2n) is 7.68. The Morgan fingerprint density at radius 2 is 1.35 bits per heavy atom. The van der Waals surface area contributed by atoms with Crippen molar-refractivity contribution in [1.82, 2.24) is 0 Å². The van der Waals surface area contributed by atoms with Gasteiger partial charge in [-0.3, -0.25) is 0 Å². The van der Waals surface area contributed by atoms with Crippen molar-refractivity contribution in [3.8, 4) is 0 Å². The van der Waals surface area contributed by atoms with Crippen molar-refractivity contribution in [2.75, 3.05) is 19.8 Å². The Labute approximate surface area is 193 Å². The first-order chi connectivity index (χ1) is 14.9. The minimum atomic E-state index is -2.48. The fraction of sp³-hybridized carbons (Fsp3) is 0.875. The quantitative estimate of drug-likeness (QED) is 0.0746. The molecular weight excluding hydrogens is 410 g/mol. The molecule has 0 saturated carbocycles. The number of carbonyl (C=O) groups is 1. The molecular formula is C24H51NO5Si. The van der Waals surface area contributed by atoms with Gasteiger partial charge in [0.1, 0.15) is 0 Å². The van der Waals surface area contributed by atoms with Gasteiger partial charge in [0.25, 0.3) is 0 Å². The molecule has 31 heavy (non-hydrogen) atoms. The van der Waals surface area contributed by atoms with Crippen LogP contribution in [-0.4, -0.2) is 40.8 Å². The first kappa shape index (κ1) is 32.4. The summed E-state index contributed by atoms with van der Waals surface area (Å²) >= 11 is 0. The van der Waals surface area contributed by atoms with Gasteiger partial charge in [-0.1, -0.05) is 84.6 Å². The van der Waals surface area contributed by atoms with Crippen LogP contribution in [0.15, 0.2) is 12.7 Å². The number of ether oxygens (including phenoxy) is 1. The van der Waals surface area contributed by atoms with E-state index in [1.54, 1.807) is 6.92 Å². The fourth-order valence-electron chi connectivity index (χ4n) is 3.16. The molecule has 0 aliphatic heterocycles. The first-order valence-corrected chi connectivity index (χ1v) is 14.3. The number of unbranched alkanes of at least 4 members (excludes halogenated alkanes) is 9. The summed E-state index contributed by atoms with van der Waals surface area (Å²) in [6.45, 7) is 15.1. The summed E-state index contributed by atoms with van der Waals surface area (Å²) in [5.41, 5.74) is 5.62. The Kier molecular flexibility index (Phi) is 25.0. The van der Waals surface area contributed by atoms with E-state index in [-0.39, 0.29) is 12.2 Å². The van der Waals surface area contributed by atoms with E-state index in [1.807, 2.05) is 13.8 Å². The molecule has 0 aliphatic carbocycles. The van der Waals surface area contributed by atoms with E-state index in [9.17, 15) is 4.79 Å². The van der Waals surface area contributed by atoms with Gasteiger partial charge in [0.2, 0.25) is 0 Å². The van der Waals surface area contributed by atoms with Gasteiger partial charge in [0.15, 0.2) is 0 Å². The highest BCUT2D eigenvalue weighted by Crippen LogP contribution is 2.18. The molecule has 0 radical (unpaired) electrons. The summed E-state index contributed by atoms with van der Waals surface area (Å²) in [5.74, 6) is -0.305. The van der Waals surface area contributed by atoms with E-state index in [0.717, 1.165) is 18.9 Å². The Hall–Kier alpha value is -0.733. The lowest BCUT2D eigenvalue weighted by molar-refractivity contribution is -0.137. The molecule has 0 aromatic carbocycles. The predicted octanol–water partition coefficient (Wildman–Crippen LogP) is 6.37. The lowest BCUT2D eigenvalue weighted by Gasteiger charge is -2.30. The van der Waals surface area contributed by atoms with Crippen LogP contribution < -0.4 is 5.73 Å². The van der Waals surface area contributed by atoms with E-state index < -0.39 is 8.80 Å². The molecule has 186 valence electrons. The van der Waals surface area contributed by atoms with Crippen LogP contribution in [0.4, 0.5) is 0 Å². The summed E-state index contributed by atoms with van der Waals surface area (Å²) in [5, 5.41) is 0. The minimum absolute atomic E-state index is 0.305. The highest BCUT2D eigenvalue weighted by atomic mass is 28.4. The summed E-state index contributed by atoms with van der Waals surface area (Å²) in [6, 6.07) is 0.830. The molecule has 7 heteroatoms. The van der Waals surface area contributed by atoms with Crippen molar-refractivity contribution in [2.45, 2.75) is 118 Å². The van der Waals surface area contributed by atoms with Gasteiger partial charge in [-0.25, -0.2) is 4.79 Å². The summed E-state index contributed by atoms with van der Waals surface area (Å²) in [6.07, 6.45) is 14.8. The third-order valence-corrected chi connectivity index (χ3v) is 7.86. The Balaban J connectivity index is 0. The minimum Gasteiger partial charge on any atom is -0.463 e. The van der Waals surface area contributed by atoms with Crippen LogP contribution >= 0.6 is 0 Å². The second kappa shape index (κ2) is 23.9. The van der Waals surface area contributed by atoms with Crippen molar-refractivity contribution in [1.29, 1.82) is 0 Å². The smallest absolute Gasteiger partial charge is 0.463 e. The van der Waals surface area contributed by atoms with Gasteiger partial charge in [-0.2, -0.15) is 0 Å². The van der Waals surface area contributed by atoms with Crippen molar-refractivity contribution in [3.05, 3.63) is 12.7 Å². The molecule has 0 fully saturated rings. The molecule has 0 rings (SSSR count). The molecule has 0 aliphatic rings. The highest BCUT2D eigenvalue weighted by Gasteiger charge is 2.40. The second-order valence-corrected chi connectivity index (χ2v) is 10.4. The number of carbonyl (C=O) groups excluding carboxylic acids is 1. The molecule has 0 heterocycles. The zero-order valence-electron chi connectivity index (χ0n) is 21.1. The van der Waals surface area contributed by atoms with Crippen LogP contribution in [-0.2, 0) is 22.8 Å². The third-order valence-electron chi connectivity index (χ3n) is 4.56. The normalized spacial score (nSPS) is 12.1. The lowest BCUT2D eigenvalue weighted by atomic mass is 10.1. The average molecular weight is 462 g/mol. The van der Waals surface area contributed by atoms with Crippen LogP contribution in [0.5, 0.6) is 0 Å². The average Bonchev–Trinajstić information content (AvgIpc) is 2.72.